The van der Waals surface area contributed by atoms with Gasteiger partial charge in [-0.05, 0) is 49.9 Å². The van der Waals surface area contributed by atoms with Gasteiger partial charge < -0.3 is 14.8 Å². The number of sulfonamides is 1. The van der Waals surface area contributed by atoms with Crippen LogP contribution in [0.4, 0.5) is 0 Å². The molecule has 0 spiro atoms. The van der Waals surface area contributed by atoms with Crippen LogP contribution in [0, 0.1) is 12.8 Å². The van der Waals surface area contributed by atoms with E-state index in [1.807, 2.05) is 56.3 Å². The van der Waals surface area contributed by atoms with Crippen molar-refractivity contribution < 1.29 is 22.7 Å². The van der Waals surface area contributed by atoms with Gasteiger partial charge in [0.15, 0.2) is 11.5 Å². The smallest absolute Gasteiger partial charge is 0.223 e. The van der Waals surface area contributed by atoms with E-state index in [0.717, 1.165) is 16.7 Å². The number of nitrogens with one attached hydrogen (secondary N) is 1. The number of carbonyl (C=O) groups excluding carboxylic acids is 1. The Morgan fingerprint density at radius 3 is 2.28 bits per heavy atom. The summed E-state index contributed by atoms with van der Waals surface area (Å²) in [5.74, 6) is 0.971. The molecule has 1 heterocycles. The van der Waals surface area contributed by atoms with E-state index >= 15 is 0 Å². The van der Waals surface area contributed by atoms with Crippen LogP contribution in [0.3, 0.4) is 0 Å². The summed E-state index contributed by atoms with van der Waals surface area (Å²) < 4.78 is 37.7. The number of aryl methyl sites for hydroxylation is 1. The number of nitrogens with zero attached hydrogens (tertiary/aromatic N) is 1. The zero-order valence-electron chi connectivity index (χ0n) is 19.1. The standard InChI is InChI=1S/C24H32N2O5S/c1-17-5-7-19(8-6-17)16-32(28,29)26-13-11-20(12-14-26)24(27)25-18(2)21-9-10-22(30-3)23(15-21)31-4/h5-10,15,18,20H,11-14,16H2,1-4H3,(H,25,27)/t18-/m0/s1. The highest BCUT2D eigenvalue weighted by atomic mass is 32.2. The van der Waals surface area contributed by atoms with Gasteiger partial charge in [0, 0.05) is 19.0 Å². The van der Waals surface area contributed by atoms with Crippen LogP contribution in [-0.2, 0) is 20.6 Å². The molecule has 1 atom stereocenters. The maximum Gasteiger partial charge on any atom is 0.223 e. The molecule has 0 saturated carbocycles. The first kappa shape index (κ1) is 24.1. The highest BCUT2D eigenvalue weighted by molar-refractivity contribution is 7.88. The minimum atomic E-state index is -3.40. The van der Waals surface area contributed by atoms with Crippen LogP contribution in [0.15, 0.2) is 42.5 Å². The summed E-state index contributed by atoms with van der Waals surface area (Å²) in [7, 11) is -0.248. The number of amides is 1. The summed E-state index contributed by atoms with van der Waals surface area (Å²) in [6.07, 6.45) is 1.02. The second-order valence-electron chi connectivity index (χ2n) is 8.26. The lowest BCUT2D eigenvalue weighted by atomic mass is 9.96. The third-order valence-electron chi connectivity index (χ3n) is 5.95. The van der Waals surface area contributed by atoms with Crippen molar-refractivity contribution in [3.05, 3.63) is 59.2 Å². The number of ether oxygens (including phenoxy) is 2. The number of hydrogen-bond donors (Lipinski definition) is 1. The molecule has 1 amide bonds. The Balaban J connectivity index is 1.55. The lowest BCUT2D eigenvalue weighted by molar-refractivity contribution is -0.126. The summed E-state index contributed by atoms with van der Waals surface area (Å²) in [4.78, 5) is 12.8. The molecule has 1 saturated heterocycles. The third-order valence-corrected chi connectivity index (χ3v) is 7.80. The average molecular weight is 461 g/mol. The Hall–Kier alpha value is -2.58. The molecule has 1 aliphatic heterocycles. The van der Waals surface area contributed by atoms with Crippen molar-refractivity contribution in [2.75, 3.05) is 27.3 Å². The Labute approximate surface area is 190 Å². The highest BCUT2D eigenvalue weighted by Gasteiger charge is 2.31. The van der Waals surface area contributed by atoms with E-state index in [0.29, 0.717) is 37.4 Å². The van der Waals surface area contributed by atoms with Crippen molar-refractivity contribution in [2.45, 2.75) is 38.5 Å². The zero-order chi connectivity index (χ0) is 23.3. The molecule has 1 N–H and O–H groups in total. The van der Waals surface area contributed by atoms with Crippen molar-refractivity contribution in [2.24, 2.45) is 5.92 Å². The van der Waals surface area contributed by atoms with E-state index in [2.05, 4.69) is 5.32 Å². The Bertz CT molecular complexity index is 1030. The third kappa shape index (κ3) is 5.81. The van der Waals surface area contributed by atoms with E-state index in [4.69, 9.17) is 9.47 Å². The van der Waals surface area contributed by atoms with Crippen LogP contribution < -0.4 is 14.8 Å². The summed E-state index contributed by atoms with van der Waals surface area (Å²) in [5.41, 5.74) is 2.79. The van der Waals surface area contributed by atoms with Crippen molar-refractivity contribution >= 4 is 15.9 Å². The normalized spacial score (nSPS) is 16.4. The van der Waals surface area contributed by atoms with Crippen LogP contribution in [0.5, 0.6) is 11.5 Å². The molecule has 7 nitrogen and oxygen atoms in total. The molecule has 2 aromatic rings. The van der Waals surface area contributed by atoms with Gasteiger partial charge in [0.25, 0.3) is 0 Å². The van der Waals surface area contributed by atoms with E-state index in [9.17, 15) is 13.2 Å². The Morgan fingerprint density at radius 2 is 1.69 bits per heavy atom. The lowest BCUT2D eigenvalue weighted by Crippen LogP contribution is -2.43. The Kier molecular flexibility index (Phi) is 7.79. The molecule has 1 aliphatic rings. The first-order valence-electron chi connectivity index (χ1n) is 10.8. The van der Waals surface area contributed by atoms with Crippen LogP contribution in [0.2, 0.25) is 0 Å². The summed E-state index contributed by atoms with van der Waals surface area (Å²) in [5, 5.41) is 3.05. The molecular formula is C24H32N2O5S. The van der Waals surface area contributed by atoms with Gasteiger partial charge in [-0.2, -0.15) is 0 Å². The van der Waals surface area contributed by atoms with E-state index < -0.39 is 10.0 Å². The molecule has 0 aliphatic carbocycles. The molecule has 0 radical (unpaired) electrons. The summed E-state index contributed by atoms with van der Waals surface area (Å²) >= 11 is 0. The quantitative estimate of drug-likeness (QED) is 0.652. The summed E-state index contributed by atoms with van der Waals surface area (Å²) in [6.45, 7) is 4.61. The van der Waals surface area contributed by atoms with Gasteiger partial charge in [-0.3, -0.25) is 4.79 Å². The second kappa shape index (κ2) is 10.4. The fourth-order valence-corrected chi connectivity index (χ4v) is 5.48. The molecule has 3 rings (SSSR count). The van der Waals surface area contributed by atoms with E-state index in [1.54, 1.807) is 14.2 Å². The Morgan fingerprint density at radius 1 is 1.06 bits per heavy atom. The first-order chi connectivity index (χ1) is 15.2. The second-order valence-corrected chi connectivity index (χ2v) is 10.2. The van der Waals surface area contributed by atoms with E-state index in [1.165, 1.54) is 4.31 Å². The van der Waals surface area contributed by atoms with Gasteiger partial charge in [0.2, 0.25) is 15.9 Å². The van der Waals surface area contributed by atoms with Crippen LogP contribution in [0.1, 0.15) is 42.5 Å². The van der Waals surface area contributed by atoms with Crippen molar-refractivity contribution in [1.29, 1.82) is 0 Å². The number of carbonyl (C=O) groups is 1. The number of benzene rings is 2. The predicted octanol–water partition coefficient (Wildman–Crippen LogP) is 3.43. The van der Waals surface area contributed by atoms with Gasteiger partial charge in [-0.1, -0.05) is 35.9 Å². The molecule has 8 heteroatoms. The first-order valence-corrected chi connectivity index (χ1v) is 12.4. The summed E-state index contributed by atoms with van der Waals surface area (Å²) in [6, 6.07) is 12.9. The van der Waals surface area contributed by atoms with Crippen LogP contribution in [-0.4, -0.2) is 45.9 Å². The van der Waals surface area contributed by atoms with Crippen molar-refractivity contribution in [3.63, 3.8) is 0 Å². The molecule has 1 fully saturated rings. The SMILES string of the molecule is COc1ccc([C@H](C)NC(=O)C2CCN(S(=O)(=O)Cc3ccc(C)cc3)CC2)cc1OC. The number of methoxy groups -OCH3 is 2. The van der Waals surface area contributed by atoms with Gasteiger partial charge >= 0.3 is 0 Å². The van der Waals surface area contributed by atoms with Gasteiger partial charge in [-0.25, -0.2) is 12.7 Å². The van der Waals surface area contributed by atoms with Gasteiger partial charge in [0.1, 0.15) is 0 Å². The molecule has 0 aromatic heterocycles. The minimum Gasteiger partial charge on any atom is -0.493 e. The number of hydrogen-bond acceptors (Lipinski definition) is 5. The van der Waals surface area contributed by atoms with Gasteiger partial charge in [-0.15, -0.1) is 0 Å². The van der Waals surface area contributed by atoms with Crippen LogP contribution in [0.25, 0.3) is 0 Å². The molecule has 2 aromatic carbocycles. The minimum absolute atomic E-state index is 0.0134. The zero-order valence-corrected chi connectivity index (χ0v) is 19.9. The molecule has 174 valence electrons. The largest absolute Gasteiger partial charge is 0.493 e. The van der Waals surface area contributed by atoms with Crippen molar-refractivity contribution in [1.82, 2.24) is 9.62 Å². The predicted molar refractivity (Wildman–Crippen MR) is 124 cm³/mol. The van der Waals surface area contributed by atoms with E-state index in [-0.39, 0.29) is 23.6 Å². The van der Waals surface area contributed by atoms with Crippen LogP contribution >= 0.6 is 0 Å². The topological polar surface area (TPSA) is 84.9 Å². The fraction of sp³-hybridized carbons (Fsp3) is 0.458. The monoisotopic (exact) mass is 460 g/mol. The van der Waals surface area contributed by atoms with Gasteiger partial charge in [0.05, 0.1) is 26.0 Å². The number of piperidine rings is 1. The molecule has 32 heavy (non-hydrogen) atoms. The maximum absolute atomic E-state index is 12.8. The number of rotatable bonds is 8. The molecule has 0 unspecified atom stereocenters. The highest BCUT2D eigenvalue weighted by Crippen LogP contribution is 2.30. The fourth-order valence-electron chi connectivity index (χ4n) is 3.92. The maximum atomic E-state index is 12.8. The lowest BCUT2D eigenvalue weighted by Gasteiger charge is -2.31. The van der Waals surface area contributed by atoms with Crippen molar-refractivity contribution in [3.8, 4) is 11.5 Å². The molecule has 0 bridgehead atoms. The average Bonchev–Trinajstić information content (AvgIpc) is 2.80. The molecular weight excluding hydrogens is 428 g/mol.